The summed E-state index contributed by atoms with van der Waals surface area (Å²) >= 11 is 1.63. The van der Waals surface area contributed by atoms with Crippen molar-refractivity contribution in [2.24, 2.45) is 0 Å². The highest BCUT2D eigenvalue weighted by Gasteiger charge is 2.02. The number of aryl methyl sites for hydroxylation is 1. The molecule has 0 aliphatic carbocycles. The second kappa shape index (κ2) is 8.40. The Morgan fingerprint density at radius 3 is 2.62 bits per heavy atom. The SMILES string of the molecule is Fc1ccc(/C=C/c2nc(SCCCc3ccncc3)n[nH]2)cc1. The van der Waals surface area contributed by atoms with Crippen LogP contribution in [0.5, 0.6) is 0 Å². The Hall–Kier alpha value is -2.47. The second-order valence-corrected chi connectivity index (χ2v) is 6.26. The number of benzene rings is 1. The van der Waals surface area contributed by atoms with Gasteiger partial charge >= 0.3 is 0 Å². The summed E-state index contributed by atoms with van der Waals surface area (Å²) in [5.74, 6) is 1.41. The Morgan fingerprint density at radius 1 is 1.04 bits per heavy atom. The zero-order valence-electron chi connectivity index (χ0n) is 13.0. The number of aromatic nitrogens is 4. The number of rotatable bonds is 7. The molecule has 0 spiro atoms. The van der Waals surface area contributed by atoms with E-state index in [4.69, 9.17) is 0 Å². The normalized spacial score (nSPS) is 11.2. The van der Waals surface area contributed by atoms with Gasteiger partial charge in [-0.05, 0) is 54.3 Å². The fraction of sp³-hybridized carbons (Fsp3) is 0.167. The summed E-state index contributed by atoms with van der Waals surface area (Å²) in [6, 6.07) is 10.4. The Labute approximate surface area is 144 Å². The standard InChI is InChI=1S/C18H17FN4S/c19-16-6-3-15(4-7-16)5-8-17-21-18(23-22-17)24-13-1-2-14-9-11-20-12-10-14/h3-12H,1-2,13H2,(H,21,22,23)/b8-5+. The minimum Gasteiger partial charge on any atom is -0.265 e. The van der Waals surface area contributed by atoms with E-state index in [1.54, 1.807) is 23.9 Å². The van der Waals surface area contributed by atoms with Crippen molar-refractivity contribution in [3.05, 3.63) is 71.6 Å². The van der Waals surface area contributed by atoms with Gasteiger partial charge in [-0.2, -0.15) is 0 Å². The predicted octanol–water partition coefficient (Wildman–Crippen LogP) is 4.23. The minimum atomic E-state index is -0.239. The van der Waals surface area contributed by atoms with Crippen molar-refractivity contribution in [3.8, 4) is 0 Å². The lowest BCUT2D eigenvalue weighted by atomic mass is 10.2. The van der Waals surface area contributed by atoms with Crippen molar-refractivity contribution >= 4 is 23.9 Å². The molecule has 0 unspecified atom stereocenters. The van der Waals surface area contributed by atoms with Gasteiger partial charge in [0, 0.05) is 18.1 Å². The van der Waals surface area contributed by atoms with E-state index in [1.165, 1.54) is 17.7 Å². The minimum absolute atomic E-state index is 0.239. The van der Waals surface area contributed by atoms with E-state index in [9.17, 15) is 4.39 Å². The van der Waals surface area contributed by atoms with Crippen LogP contribution < -0.4 is 0 Å². The average Bonchev–Trinajstić information content (AvgIpc) is 3.07. The molecule has 0 radical (unpaired) electrons. The van der Waals surface area contributed by atoms with Gasteiger partial charge in [0.2, 0.25) is 5.16 Å². The number of H-pyrrole nitrogens is 1. The molecule has 1 aromatic carbocycles. The zero-order valence-corrected chi connectivity index (χ0v) is 13.8. The van der Waals surface area contributed by atoms with Gasteiger partial charge in [-0.1, -0.05) is 30.0 Å². The number of aromatic amines is 1. The largest absolute Gasteiger partial charge is 0.265 e. The molecule has 2 heterocycles. The van der Waals surface area contributed by atoms with Crippen molar-refractivity contribution in [2.75, 3.05) is 5.75 Å². The van der Waals surface area contributed by atoms with Gasteiger partial charge < -0.3 is 0 Å². The molecule has 0 bridgehead atoms. The van der Waals surface area contributed by atoms with Crippen molar-refractivity contribution in [1.82, 2.24) is 20.2 Å². The topological polar surface area (TPSA) is 54.5 Å². The number of hydrogen-bond donors (Lipinski definition) is 1. The number of halogens is 1. The molecule has 0 amide bonds. The Morgan fingerprint density at radius 2 is 1.83 bits per heavy atom. The smallest absolute Gasteiger partial charge is 0.208 e. The summed E-state index contributed by atoms with van der Waals surface area (Å²) in [5.41, 5.74) is 2.21. The molecule has 1 N–H and O–H groups in total. The van der Waals surface area contributed by atoms with Crippen LogP contribution in [-0.4, -0.2) is 25.9 Å². The van der Waals surface area contributed by atoms with Crippen LogP contribution in [0, 0.1) is 5.82 Å². The molecule has 3 aromatic rings. The van der Waals surface area contributed by atoms with Crippen LogP contribution >= 0.6 is 11.8 Å². The molecule has 0 saturated carbocycles. The Kier molecular flexibility index (Phi) is 5.74. The third-order valence-corrected chi connectivity index (χ3v) is 4.31. The van der Waals surface area contributed by atoms with E-state index in [2.05, 4.69) is 20.2 Å². The summed E-state index contributed by atoms with van der Waals surface area (Å²) < 4.78 is 12.9. The molecule has 2 aromatic heterocycles. The van der Waals surface area contributed by atoms with Gasteiger partial charge in [-0.25, -0.2) is 9.37 Å². The molecule has 0 aliphatic heterocycles. The van der Waals surface area contributed by atoms with Crippen LogP contribution in [0.25, 0.3) is 12.2 Å². The summed E-state index contributed by atoms with van der Waals surface area (Å²) in [4.78, 5) is 8.43. The fourth-order valence-corrected chi connectivity index (χ4v) is 2.88. The predicted molar refractivity (Wildman–Crippen MR) is 95.0 cm³/mol. The van der Waals surface area contributed by atoms with Gasteiger partial charge in [-0.3, -0.25) is 10.1 Å². The maximum absolute atomic E-state index is 12.9. The molecule has 3 rings (SSSR count). The molecule has 0 aliphatic rings. The van der Waals surface area contributed by atoms with Gasteiger partial charge in [0.05, 0.1) is 0 Å². The van der Waals surface area contributed by atoms with Crippen LogP contribution in [0.15, 0.2) is 53.9 Å². The molecule has 4 nitrogen and oxygen atoms in total. The molecule has 24 heavy (non-hydrogen) atoms. The van der Waals surface area contributed by atoms with Gasteiger partial charge in [0.25, 0.3) is 0 Å². The van der Waals surface area contributed by atoms with E-state index in [0.29, 0.717) is 5.82 Å². The summed E-state index contributed by atoms with van der Waals surface area (Å²) in [7, 11) is 0. The van der Waals surface area contributed by atoms with E-state index in [-0.39, 0.29) is 5.82 Å². The van der Waals surface area contributed by atoms with Crippen LogP contribution in [0.1, 0.15) is 23.4 Å². The maximum atomic E-state index is 12.9. The number of nitrogens with zero attached hydrogens (tertiary/aromatic N) is 3. The average molecular weight is 340 g/mol. The third-order valence-electron chi connectivity index (χ3n) is 3.38. The van der Waals surface area contributed by atoms with Gasteiger partial charge in [-0.15, -0.1) is 5.10 Å². The van der Waals surface area contributed by atoms with Crippen molar-refractivity contribution in [2.45, 2.75) is 18.0 Å². The Bertz CT molecular complexity index is 784. The van der Waals surface area contributed by atoms with Crippen molar-refractivity contribution < 1.29 is 4.39 Å². The van der Waals surface area contributed by atoms with Crippen molar-refractivity contribution in [3.63, 3.8) is 0 Å². The number of hydrogen-bond acceptors (Lipinski definition) is 4. The van der Waals surface area contributed by atoms with Gasteiger partial charge in [0.15, 0.2) is 0 Å². The second-order valence-electron chi connectivity index (χ2n) is 5.20. The van der Waals surface area contributed by atoms with Crippen LogP contribution in [0.4, 0.5) is 4.39 Å². The quantitative estimate of drug-likeness (QED) is 0.516. The highest BCUT2D eigenvalue weighted by molar-refractivity contribution is 7.99. The number of thioether (sulfide) groups is 1. The number of nitrogens with one attached hydrogen (secondary N) is 1. The van der Waals surface area contributed by atoms with Crippen molar-refractivity contribution in [1.29, 1.82) is 0 Å². The van der Waals surface area contributed by atoms with Crippen LogP contribution in [0.2, 0.25) is 0 Å². The lowest BCUT2D eigenvalue weighted by Crippen LogP contribution is -1.88. The van der Waals surface area contributed by atoms with E-state index >= 15 is 0 Å². The summed E-state index contributed by atoms with van der Waals surface area (Å²) in [6.07, 6.45) is 9.43. The molecule has 0 atom stereocenters. The molecular weight excluding hydrogens is 323 g/mol. The molecular formula is C18H17FN4S. The highest BCUT2D eigenvalue weighted by Crippen LogP contribution is 2.16. The lowest BCUT2D eigenvalue weighted by molar-refractivity contribution is 0.628. The van der Waals surface area contributed by atoms with Crippen LogP contribution in [0.3, 0.4) is 0 Å². The summed E-state index contributed by atoms with van der Waals surface area (Å²) in [5, 5.41) is 7.83. The molecule has 0 fully saturated rings. The first-order valence-electron chi connectivity index (χ1n) is 7.67. The monoisotopic (exact) mass is 340 g/mol. The first kappa shape index (κ1) is 16.4. The van der Waals surface area contributed by atoms with Gasteiger partial charge in [0.1, 0.15) is 11.6 Å². The highest BCUT2D eigenvalue weighted by atomic mass is 32.2. The van der Waals surface area contributed by atoms with Crippen LogP contribution in [-0.2, 0) is 6.42 Å². The molecule has 122 valence electrons. The summed E-state index contributed by atoms with van der Waals surface area (Å²) in [6.45, 7) is 0. The third kappa shape index (κ3) is 5.03. The number of pyridine rings is 1. The maximum Gasteiger partial charge on any atom is 0.208 e. The first-order valence-corrected chi connectivity index (χ1v) is 8.66. The molecule has 6 heteroatoms. The van der Waals surface area contributed by atoms with E-state index in [0.717, 1.165) is 29.3 Å². The lowest BCUT2D eigenvalue weighted by Gasteiger charge is -1.99. The first-order chi connectivity index (χ1) is 11.8. The van der Waals surface area contributed by atoms with E-state index < -0.39 is 0 Å². The Balaban J connectivity index is 1.46. The fourth-order valence-electron chi connectivity index (χ4n) is 2.14. The van der Waals surface area contributed by atoms with E-state index in [1.807, 2.05) is 36.7 Å². The zero-order chi connectivity index (χ0) is 16.6. The molecule has 0 saturated heterocycles.